The number of para-hydroxylation sites is 6. The predicted octanol–water partition coefficient (Wildman–Crippen LogP) is 20.2. The molecule has 18 rings (SSSR count). The van der Waals surface area contributed by atoms with E-state index in [-0.39, 0.29) is 0 Å². The van der Waals surface area contributed by atoms with Crippen LogP contribution in [0.25, 0.3) is 154 Å². The molecule has 6 heteroatoms. The Morgan fingerprint density at radius 3 is 1.26 bits per heavy atom. The van der Waals surface area contributed by atoms with Crippen molar-refractivity contribution < 1.29 is 0 Å². The van der Waals surface area contributed by atoms with Crippen molar-refractivity contribution in [2.24, 2.45) is 0 Å². The zero-order valence-corrected chi connectivity index (χ0v) is 45.6. The highest BCUT2D eigenvalue weighted by molar-refractivity contribution is 6.17. The van der Waals surface area contributed by atoms with Crippen molar-refractivity contribution in [1.29, 1.82) is 0 Å². The second-order valence-electron chi connectivity index (χ2n) is 21.7. The Bertz CT molecular complexity index is 5280. The minimum atomic E-state index is 0.972. The summed E-state index contributed by atoms with van der Waals surface area (Å²) in [6, 6.07) is 105. The van der Waals surface area contributed by atoms with Crippen LogP contribution in [0, 0.1) is 0 Å². The molecule has 6 nitrogen and oxygen atoms in total. The van der Waals surface area contributed by atoms with Crippen LogP contribution >= 0.6 is 0 Å². The molecule has 0 aliphatic carbocycles. The van der Waals surface area contributed by atoms with Gasteiger partial charge in [0.2, 0.25) is 0 Å². The van der Waals surface area contributed by atoms with Crippen LogP contribution in [-0.4, -0.2) is 28.2 Å². The lowest BCUT2D eigenvalue weighted by Crippen LogP contribution is -1.96. The van der Waals surface area contributed by atoms with Gasteiger partial charge in [0.15, 0.2) is 0 Å². The number of nitrogens with zero attached hydrogens (tertiary/aromatic N) is 6. The lowest BCUT2D eigenvalue weighted by molar-refractivity contribution is 1.14. The van der Waals surface area contributed by atoms with E-state index in [0.29, 0.717) is 0 Å². The lowest BCUT2D eigenvalue weighted by atomic mass is 10.0. The van der Waals surface area contributed by atoms with Gasteiger partial charge in [-0.05, 0) is 136 Å². The fourth-order valence-electron chi connectivity index (χ4n) is 13.4. The van der Waals surface area contributed by atoms with E-state index < -0.39 is 0 Å². The van der Waals surface area contributed by atoms with E-state index in [4.69, 9.17) is 9.97 Å². The van der Waals surface area contributed by atoms with Crippen molar-refractivity contribution in [1.82, 2.24) is 28.2 Å². The van der Waals surface area contributed by atoms with Gasteiger partial charge in [-0.3, -0.25) is 9.55 Å². The first-order valence-electron chi connectivity index (χ1n) is 28.6. The molecule has 0 radical (unpaired) electrons. The summed E-state index contributed by atoms with van der Waals surface area (Å²) in [5, 5.41) is 13.5. The van der Waals surface area contributed by atoms with E-state index in [2.05, 4.69) is 297 Å². The standard InChI is InChI=1S/2C39H25N3/c1-2-12-29(13-3-1)42-37-25-28(20-22-33(37)35-17-9-23-40-39(35)42)31-15-8-16-34-32-14-6-7-18-36(32)41(38(31)34)30-21-19-26-10-4-5-11-27(26)24-30;1-2-12-29(13-3-1)41-36-18-9-23-40-38(36)34-22-20-28(25-37(34)41)31-15-8-16-33-32-14-6-7-17-35(32)42(39(31)33)30-21-19-26-10-4-5-11-27(26)24-30/h2*1-25H. The van der Waals surface area contributed by atoms with Crippen molar-refractivity contribution in [3.8, 4) is 45.0 Å². The summed E-state index contributed by atoms with van der Waals surface area (Å²) in [6.45, 7) is 0. The van der Waals surface area contributed by atoms with E-state index >= 15 is 0 Å². The van der Waals surface area contributed by atoms with Gasteiger partial charge < -0.3 is 13.7 Å². The number of hydrogen-bond donors (Lipinski definition) is 0. The molecule has 0 aliphatic heterocycles. The average Bonchev–Trinajstić information content (AvgIpc) is 2.70. The van der Waals surface area contributed by atoms with Crippen LogP contribution in [0.15, 0.2) is 304 Å². The summed E-state index contributed by atoms with van der Waals surface area (Å²) in [5.41, 5.74) is 19.6. The fourth-order valence-corrected chi connectivity index (χ4v) is 13.4. The van der Waals surface area contributed by atoms with Crippen LogP contribution in [0.3, 0.4) is 0 Å². The first kappa shape index (κ1) is 47.5. The Morgan fingerprint density at radius 1 is 0.226 bits per heavy atom. The molecule has 0 saturated carbocycles. The molecule has 0 unspecified atom stereocenters. The molecule has 0 aliphatic rings. The maximum atomic E-state index is 4.81. The quantitative estimate of drug-likeness (QED) is 0.167. The van der Waals surface area contributed by atoms with Gasteiger partial charge in [0.25, 0.3) is 0 Å². The molecule has 0 spiro atoms. The molecular formula is C78H50N6. The highest BCUT2D eigenvalue weighted by Crippen LogP contribution is 2.43. The van der Waals surface area contributed by atoms with Gasteiger partial charge in [-0.2, -0.15) is 0 Å². The lowest BCUT2D eigenvalue weighted by Gasteiger charge is -2.13. The van der Waals surface area contributed by atoms with Gasteiger partial charge >= 0.3 is 0 Å². The van der Waals surface area contributed by atoms with E-state index in [9.17, 15) is 0 Å². The molecule has 0 bridgehead atoms. The number of hydrogen-bond acceptors (Lipinski definition) is 2. The Morgan fingerprint density at radius 2 is 0.667 bits per heavy atom. The molecule has 18 aromatic rings. The second kappa shape index (κ2) is 19.2. The fraction of sp³-hybridized carbons (Fsp3) is 0. The summed E-state index contributed by atoms with van der Waals surface area (Å²) >= 11 is 0. The molecule has 6 aromatic heterocycles. The Labute approximate surface area is 483 Å². The summed E-state index contributed by atoms with van der Waals surface area (Å²) < 4.78 is 9.49. The third-order valence-electron chi connectivity index (χ3n) is 17.1. The first-order chi connectivity index (χ1) is 41.7. The largest absolute Gasteiger partial charge is 0.309 e. The molecule has 0 fully saturated rings. The molecule has 0 saturated heterocycles. The van der Waals surface area contributed by atoms with E-state index in [1.165, 1.54) is 92.8 Å². The molecule has 0 N–H and O–H groups in total. The third kappa shape index (κ3) is 7.44. The van der Waals surface area contributed by atoms with Gasteiger partial charge in [-0.1, -0.05) is 188 Å². The number of aromatic nitrogens is 6. The van der Waals surface area contributed by atoms with Crippen molar-refractivity contribution in [2.75, 3.05) is 0 Å². The maximum absolute atomic E-state index is 4.81. The first-order valence-corrected chi connectivity index (χ1v) is 28.6. The SMILES string of the molecule is c1ccc(-n2c3cc(-c4cccc5c6ccccc6n(-c6ccc7ccccc7c6)c45)ccc3c3cccnc32)cc1.c1ccc(-n2c3cc(-c4cccc5c6ccccc6n(-c6ccc7ccccc7c6)c45)ccc3c3ncccc32)cc1. The number of pyridine rings is 2. The van der Waals surface area contributed by atoms with E-state index in [1.807, 2.05) is 24.5 Å². The van der Waals surface area contributed by atoms with E-state index in [0.717, 1.165) is 61.2 Å². The van der Waals surface area contributed by atoms with Crippen LogP contribution in [0.2, 0.25) is 0 Å². The predicted molar refractivity (Wildman–Crippen MR) is 352 cm³/mol. The van der Waals surface area contributed by atoms with Gasteiger partial charge in [0, 0.05) is 84.0 Å². The zero-order chi connectivity index (χ0) is 55.2. The molecule has 392 valence electrons. The van der Waals surface area contributed by atoms with Crippen LogP contribution in [0.1, 0.15) is 0 Å². The summed E-state index contributed by atoms with van der Waals surface area (Å²) in [4.78, 5) is 9.60. The Balaban J connectivity index is 0.000000132. The minimum Gasteiger partial charge on any atom is -0.309 e. The van der Waals surface area contributed by atoms with Crippen LogP contribution in [0.4, 0.5) is 0 Å². The van der Waals surface area contributed by atoms with Crippen molar-refractivity contribution in [3.05, 3.63) is 304 Å². The smallest absolute Gasteiger partial charge is 0.145 e. The van der Waals surface area contributed by atoms with Crippen molar-refractivity contribution in [3.63, 3.8) is 0 Å². The van der Waals surface area contributed by atoms with Gasteiger partial charge in [-0.15, -0.1) is 0 Å². The Hall–Kier alpha value is -11.3. The number of rotatable bonds is 6. The van der Waals surface area contributed by atoms with Crippen LogP contribution < -0.4 is 0 Å². The van der Waals surface area contributed by atoms with Gasteiger partial charge in [-0.25, -0.2) is 4.98 Å². The summed E-state index contributed by atoms with van der Waals surface area (Å²) in [6.07, 6.45) is 3.76. The van der Waals surface area contributed by atoms with Crippen molar-refractivity contribution >= 4 is 109 Å². The molecule has 0 amide bonds. The molecule has 6 heterocycles. The highest BCUT2D eigenvalue weighted by Gasteiger charge is 2.22. The third-order valence-corrected chi connectivity index (χ3v) is 17.1. The monoisotopic (exact) mass is 1070 g/mol. The topological polar surface area (TPSA) is 45.5 Å². The van der Waals surface area contributed by atoms with Gasteiger partial charge in [0.1, 0.15) is 5.65 Å². The van der Waals surface area contributed by atoms with Gasteiger partial charge in [0.05, 0.1) is 44.1 Å². The molecule has 84 heavy (non-hydrogen) atoms. The number of fused-ring (bicyclic) bond motifs is 14. The van der Waals surface area contributed by atoms with E-state index in [1.54, 1.807) is 0 Å². The Kier molecular flexibility index (Phi) is 10.8. The van der Waals surface area contributed by atoms with Crippen LogP contribution in [-0.2, 0) is 0 Å². The second-order valence-corrected chi connectivity index (χ2v) is 21.7. The molecular weight excluding hydrogens is 1020 g/mol. The van der Waals surface area contributed by atoms with Crippen LogP contribution in [0.5, 0.6) is 0 Å². The molecule has 12 aromatic carbocycles. The maximum Gasteiger partial charge on any atom is 0.145 e. The zero-order valence-electron chi connectivity index (χ0n) is 45.6. The molecule has 0 atom stereocenters. The average molecular weight is 1070 g/mol. The number of benzene rings is 12. The highest BCUT2D eigenvalue weighted by atomic mass is 15.0. The minimum absolute atomic E-state index is 0.972. The van der Waals surface area contributed by atoms with Crippen molar-refractivity contribution in [2.45, 2.75) is 0 Å². The summed E-state index contributed by atoms with van der Waals surface area (Å²) in [7, 11) is 0. The normalized spacial score (nSPS) is 11.8. The summed E-state index contributed by atoms with van der Waals surface area (Å²) in [5.74, 6) is 0.